The van der Waals surface area contributed by atoms with Crippen LogP contribution in [0.25, 0.3) is 0 Å². The highest BCUT2D eigenvalue weighted by Crippen LogP contribution is 2.48. The molecule has 1 saturated carbocycles. The van der Waals surface area contributed by atoms with Gasteiger partial charge >= 0.3 is 0 Å². The SMILES string of the molecule is COc1cnn(C)c1C(=O)C1(C)CC1. The normalized spacial score (nSPS) is 17.9. The molecular formula is C10H14N2O2. The smallest absolute Gasteiger partial charge is 0.190 e. The Morgan fingerprint density at radius 2 is 2.29 bits per heavy atom. The Bertz CT molecular complexity index is 377. The van der Waals surface area contributed by atoms with Crippen LogP contribution in [0.1, 0.15) is 30.3 Å². The molecule has 1 aliphatic rings. The zero-order valence-electron chi connectivity index (χ0n) is 8.70. The molecule has 1 aromatic rings. The van der Waals surface area contributed by atoms with Crippen LogP contribution in [0.3, 0.4) is 0 Å². The zero-order valence-corrected chi connectivity index (χ0v) is 8.70. The summed E-state index contributed by atoms with van der Waals surface area (Å²) in [4.78, 5) is 12.0. The largest absolute Gasteiger partial charge is 0.493 e. The maximum Gasteiger partial charge on any atom is 0.190 e. The molecule has 4 heteroatoms. The first-order valence-corrected chi connectivity index (χ1v) is 4.69. The van der Waals surface area contributed by atoms with Crippen molar-refractivity contribution in [1.82, 2.24) is 9.78 Å². The number of nitrogens with zero attached hydrogens (tertiary/aromatic N) is 2. The van der Waals surface area contributed by atoms with Gasteiger partial charge in [0.05, 0.1) is 13.3 Å². The Hall–Kier alpha value is -1.32. The van der Waals surface area contributed by atoms with Crippen molar-refractivity contribution in [3.8, 4) is 5.75 Å². The maximum absolute atomic E-state index is 12.0. The quantitative estimate of drug-likeness (QED) is 0.683. The second-order valence-corrected chi connectivity index (χ2v) is 4.07. The monoisotopic (exact) mass is 194 g/mol. The maximum atomic E-state index is 12.0. The fourth-order valence-electron chi connectivity index (χ4n) is 1.53. The van der Waals surface area contributed by atoms with Crippen LogP contribution >= 0.6 is 0 Å². The van der Waals surface area contributed by atoms with E-state index >= 15 is 0 Å². The van der Waals surface area contributed by atoms with Crippen LogP contribution < -0.4 is 4.74 Å². The Kier molecular flexibility index (Phi) is 1.87. The fourth-order valence-corrected chi connectivity index (χ4v) is 1.53. The molecule has 2 rings (SSSR count). The number of carbonyl (C=O) groups excluding carboxylic acids is 1. The summed E-state index contributed by atoms with van der Waals surface area (Å²) in [6.07, 6.45) is 3.53. The standard InChI is InChI=1S/C10H14N2O2/c1-10(4-5-10)9(13)8-7(14-3)6-11-12(8)2/h6H,4-5H2,1-3H3. The van der Waals surface area contributed by atoms with Crippen molar-refractivity contribution in [3.63, 3.8) is 0 Å². The van der Waals surface area contributed by atoms with Crippen LogP contribution in [0.2, 0.25) is 0 Å². The number of rotatable bonds is 3. The van der Waals surface area contributed by atoms with Crippen molar-refractivity contribution >= 4 is 5.78 Å². The predicted octanol–water partition coefficient (Wildman–Crippen LogP) is 1.41. The van der Waals surface area contributed by atoms with Crippen LogP contribution in [0.15, 0.2) is 6.20 Å². The molecule has 0 unspecified atom stereocenters. The van der Waals surface area contributed by atoms with E-state index in [4.69, 9.17) is 4.74 Å². The first-order chi connectivity index (χ1) is 6.58. The van der Waals surface area contributed by atoms with Crippen molar-refractivity contribution in [2.24, 2.45) is 12.5 Å². The van der Waals surface area contributed by atoms with Crippen molar-refractivity contribution in [2.45, 2.75) is 19.8 Å². The van der Waals surface area contributed by atoms with Gasteiger partial charge in [-0.1, -0.05) is 6.92 Å². The van der Waals surface area contributed by atoms with E-state index in [2.05, 4.69) is 5.10 Å². The van der Waals surface area contributed by atoms with Crippen molar-refractivity contribution in [1.29, 1.82) is 0 Å². The van der Waals surface area contributed by atoms with Crippen molar-refractivity contribution < 1.29 is 9.53 Å². The van der Waals surface area contributed by atoms with Gasteiger partial charge in [0.2, 0.25) is 0 Å². The van der Waals surface area contributed by atoms with Gasteiger partial charge in [0.15, 0.2) is 11.5 Å². The first kappa shape index (κ1) is 9.24. The number of carbonyl (C=O) groups is 1. The summed E-state index contributed by atoms with van der Waals surface area (Å²) in [6.45, 7) is 1.99. The van der Waals surface area contributed by atoms with Crippen LogP contribution in [-0.4, -0.2) is 22.7 Å². The minimum absolute atomic E-state index is 0.148. The number of aromatic nitrogens is 2. The lowest BCUT2D eigenvalue weighted by Gasteiger charge is -2.08. The van der Waals surface area contributed by atoms with Gasteiger partial charge in [0, 0.05) is 12.5 Å². The fraction of sp³-hybridized carbons (Fsp3) is 0.600. The molecule has 1 fully saturated rings. The van der Waals surface area contributed by atoms with Gasteiger partial charge in [-0.05, 0) is 12.8 Å². The minimum atomic E-state index is -0.166. The highest BCUT2D eigenvalue weighted by Gasteiger charge is 2.47. The molecule has 0 aromatic carbocycles. The van der Waals surface area contributed by atoms with Crippen LogP contribution in [-0.2, 0) is 7.05 Å². The summed E-state index contributed by atoms with van der Waals surface area (Å²) >= 11 is 0. The third kappa shape index (κ3) is 1.22. The molecule has 1 aliphatic carbocycles. The molecule has 0 atom stereocenters. The lowest BCUT2D eigenvalue weighted by Crippen LogP contribution is -2.17. The van der Waals surface area contributed by atoms with E-state index < -0.39 is 0 Å². The van der Waals surface area contributed by atoms with Gasteiger partial charge in [-0.15, -0.1) is 0 Å². The molecule has 14 heavy (non-hydrogen) atoms. The van der Waals surface area contributed by atoms with Gasteiger partial charge in [-0.25, -0.2) is 0 Å². The molecule has 4 nitrogen and oxygen atoms in total. The summed E-state index contributed by atoms with van der Waals surface area (Å²) in [5.74, 6) is 0.722. The summed E-state index contributed by atoms with van der Waals surface area (Å²) in [7, 11) is 3.32. The number of ether oxygens (including phenoxy) is 1. The average molecular weight is 194 g/mol. The third-order valence-corrected chi connectivity index (χ3v) is 2.89. The number of methoxy groups -OCH3 is 1. The number of Topliss-reactive ketones (excluding diaryl/α,β-unsaturated/α-hetero) is 1. The van der Waals surface area contributed by atoms with Gasteiger partial charge < -0.3 is 4.74 Å². The molecule has 0 radical (unpaired) electrons. The zero-order chi connectivity index (χ0) is 10.3. The minimum Gasteiger partial charge on any atom is -0.493 e. The number of ketones is 1. The summed E-state index contributed by atoms with van der Waals surface area (Å²) < 4.78 is 6.69. The second kappa shape index (κ2) is 2.83. The third-order valence-electron chi connectivity index (χ3n) is 2.89. The van der Waals surface area contributed by atoms with Gasteiger partial charge in [-0.3, -0.25) is 9.48 Å². The van der Waals surface area contributed by atoms with Crippen molar-refractivity contribution in [2.75, 3.05) is 7.11 Å². The lowest BCUT2D eigenvalue weighted by atomic mass is 10.0. The molecule has 1 heterocycles. The number of aryl methyl sites for hydroxylation is 1. The average Bonchev–Trinajstić information content (AvgIpc) is 2.79. The van der Waals surface area contributed by atoms with Crippen LogP contribution in [0, 0.1) is 5.41 Å². The summed E-state index contributed by atoms with van der Waals surface area (Å²) in [5, 5.41) is 4.02. The second-order valence-electron chi connectivity index (χ2n) is 4.07. The highest BCUT2D eigenvalue weighted by atomic mass is 16.5. The molecule has 76 valence electrons. The van der Waals surface area contributed by atoms with E-state index in [1.165, 1.54) is 0 Å². The molecule has 0 saturated heterocycles. The molecular weight excluding hydrogens is 180 g/mol. The number of hydrogen-bond acceptors (Lipinski definition) is 3. The van der Waals surface area contributed by atoms with E-state index in [0.29, 0.717) is 11.4 Å². The molecule has 1 aromatic heterocycles. The highest BCUT2D eigenvalue weighted by molar-refractivity contribution is 6.02. The van der Waals surface area contributed by atoms with Gasteiger partial charge in [0.25, 0.3) is 0 Å². The lowest BCUT2D eigenvalue weighted by molar-refractivity contribution is 0.0899. The molecule has 0 bridgehead atoms. The van der Waals surface area contributed by atoms with E-state index in [0.717, 1.165) is 12.8 Å². The van der Waals surface area contributed by atoms with Crippen molar-refractivity contribution in [3.05, 3.63) is 11.9 Å². The van der Waals surface area contributed by atoms with E-state index in [-0.39, 0.29) is 11.2 Å². The molecule has 0 spiro atoms. The molecule has 0 N–H and O–H groups in total. The summed E-state index contributed by atoms with van der Waals surface area (Å²) in [6, 6.07) is 0. The molecule has 0 amide bonds. The number of hydrogen-bond donors (Lipinski definition) is 0. The summed E-state index contributed by atoms with van der Waals surface area (Å²) in [5.41, 5.74) is 0.425. The van der Waals surface area contributed by atoms with E-state index in [1.54, 1.807) is 25.0 Å². The van der Waals surface area contributed by atoms with E-state index in [9.17, 15) is 4.79 Å². The Morgan fingerprint density at radius 3 is 2.79 bits per heavy atom. The first-order valence-electron chi connectivity index (χ1n) is 4.69. The predicted molar refractivity (Wildman–Crippen MR) is 51.4 cm³/mol. The topological polar surface area (TPSA) is 44.1 Å². The Morgan fingerprint density at radius 1 is 1.64 bits per heavy atom. The Labute approximate surface area is 82.9 Å². The molecule has 0 aliphatic heterocycles. The van der Waals surface area contributed by atoms with Gasteiger partial charge in [-0.2, -0.15) is 5.10 Å². The van der Waals surface area contributed by atoms with Crippen LogP contribution in [0.4, 0.5) is 0 Å². The van der Waals surface area contributed by atoms with Crippen LogP contribution in [0.5, 0.6) is 5.75 Å². The Balaban J connectivity index is 2.39. The van der Waals surface area contributed by atoms with E-state index in [1.807, 2.05) is 6.92 Å². The van der Waals surface area contributed by atoms with Gasteiger partial charge in [0.1, 0.15) is 5.69 Å².